The van der Waals surface area contributed by atoms with Crippen LogP contribution in [0.1, 0.15) is 88.6 Å². The van der Waals surface area contributed by atoms with Gasteiger partial charge >= 0.3 is 11.9 Å². The number of rotatable bonds is 29. The molecule has 0 bridgehead atoms. The molecule has 3 aromatic rings. The fourth-order valence-corrected chi connectivity index (χ4v) is 8.41. The number of hydrogen-bond acceptors (Lipinski definition) is 12. The number of aliphatic carboxylic acids is 2. The number of H-pyrrole nitrogens is 1. The van der Waals surface area contributed by atoms with Gasteiger partial charge in [0.15, 0.2) is 5.96 Å². The Bertz CT molecular complexity index is 2450. The Labute approximate surface area is 435 Å². The van der Waals surface area contributed by atoms with E-state index in [-0.39, 0.29) is 57.6 Å². The van der Waals surface area contributed by atoms with Gasteiger partial charge in [-0.2, -0.15) is 0 Å². The summed E-state index contributed by atoms with van der Waals surface area (Å²) in [5.41, 5.74) is 19.4. The molecule has 0 radical (unpaired) electrons. The predicted molar refractivity (Wildman–Crippen MR) is 276 cm³/mol. The van der Waals surface area contributed by atoms with Crippen LogP contribution in [-0.2, 0) is 62.4 Å². The van der Waals surface area contributed by atoms with Gasteiger partial charge in [0.25, 0.3) is 0 Å². The zero-order chi connectivity index (χ0) is 55.4. The van der Waals surface area contributed by atoms with Crippen LogP contribution in [-0.4, -0.2) is 146 Å². The van der Waals surface area contributed by atoms with Gasteiger partial charge in [-0.15, -0.1) is 0 Å². The molecule has 0 saturated carbocycles. The second-order valence-corrected chi connectivity index (χ2v) is 19.2. The Morgan fingerprint density at radius 3 is 1.95 bits per heavy atom. The summed E-state index contributed by atoms with van der Waals surface area (Å²) in [7, 11) is 0. The second-order valence-electron chi connectivity index (χ2n) is 19.2. The molecule has 1 aromatic heterocycles. The molecular weight excluding hydrogens is 971 g/mol. The molecule has 1 fully saturated rings. The number of carboxylic acid groups (broad SMARTS) is 2. The van der Waals surface area contributed by atoms with Crippen LogP contribution in [0, 0.1) is 18.8 Å². The number of amides is 7. The van der Waals surface area contributed by atoms with E-state index in [2.05, 4.69) is 46.9 Å². The lowest BCUT2D eigenvalue weighted by molar-refractivity contribution is -0.145. The van der Waals surface area contributed by atoms with Crippen LogP contribution in [0.25, 0.3) is 0 Å². The SMILES string of the molecule is CC[C@H](C)[C@H](NC(=O)[C@H](Cc1ccc(C)cc1)NC(=O)[C@@H](NC(=O)[C@H](CCCN=C(N)N)NC(=O)[C@@H](N)CC(=O)O)C(C)C)C(=O)N[C@@H](Cc1cnc[nH]1)C(=O)N1CCC[C@H]1C(=O)N[C@@H](Cc1ccccc1)C(=O)O. The Morgan fingerprint density at radius 1 is 0.747 bits per heavy atom. The van der Waals surface area contributed by atoms with Gasteiger partial charge in [0.2, 0.25) is 41.4 Å². The molecule has 408 valence electrons. The molecule has 1 aliphatic heterocycles. The van der Waals surface area contributed by atoms with Crippen molar-refractivity contribution in [3.05, 3.63) is 89.5 Å². The third-order valence-corrected chi connectivity index (χ3v) is 12.9. The molecule has 0 aliphatic carbocycles. The summed E-state index contributed by atoms with van der Waals surface area (Å²) in [6, 6.07) is 5.63. The Hall–Kier alpha value is -7.89. The number of guanidine groups is 1. The molecule has 4 rings (SSSR count). The maximum atomic E-state index is 14.6. The van der Waals surface area contributed by atoms with Crippen molar-refractivity contribution in [3.8, 4) is 0 Å². The quantitative estimate of drug-likeness (QED) is 0.0232. The first-order valence-electron chi connectivity index (χ1n) is 25.0. The fourth-order valence-electron chi connectivity index (χ4n) is 8.41. The van der Waals surface area contributed by atoms with Gasteiger partial charge in [-0.1, -0.05) is 94.3 Å². The number of aryl methyl sites for hydroxylation is 1. The Morgan fingerprint density at radius 2 is 1.35 bits per heavy atom. The first kappa shape index (κ1) is 59.7. The number of aromatic nitrogens is 2. The van der Waals surface area contributed by atoms with Gasteiger partial charge in [-0.05, 0) is 55.6 Å². The molecule has 75 heavy (non-hydrogen) atoms. The number of aromatic amines is 1. The average Bonchev–Trinajstić information content (AvgIpc) is 4.08. The highest BCUT2D eigenvalue weighted by Crippen LogP contribution is 2.21. The lowest BCUT2D eigenvalue weighted by atomic mass is 9.96. The number of imidazole rings is 1. The van der Waals surface area contributed by atoms with Crippen molar-refractivity contribution in [2.75, 3.05) is 13.1 Å². The minimum absolute atomic E-state index is 0.00789. The van der Waals surface area contributed by atoms with Gasteiger partial charge < -0.3 is 69.2 Å². The van der Waals surface area contributed by atoms with E-state index in [1.807, 2.05) is 19.1 Å². The maximum absolute atomic E-state index is 14.6. The number of carbonyl (C=O) groups excluding carboxylic acids is 7. The fraction of sp³-hybridized carbons (Fsp3) is 0.510. The predicted octanol–water partition coefficient (Wildman–Crippen LogP) is -0.712. The van der Waals surface area contributed by atoms with Gasteiger partial charge in [0.05, 0.1) is 18.8 Å². The number of nitrogens with one attached hydrogen (secondary N) is 7. The molecule has 2 aromatic carbocycles. The molecule has 1 aliphatic rings. The highest BCUT2D eigenvalue weighted by Gasteiger charge is 2.41. The minimum Gasteiger partial charge on any atom is -0.481 e. The largest absolute Gasteiger partial charge is 0.481 e. The maximum Gasteiger partial charge on any atom is 0.326 e. The Kier molecular flexibility index (Phi) is 23.2. The van der Waals surface area contributed by atoms with E-state index >= 15 is 0 Å². The van der Waals surface area contributed by atoms with Crippen molar-refractivity contribution in [3.63, 3.8) is 0 Å². The zero-order valence-electron chi connectivity index (χ0n) is 43.0. The molecular formula is C51H73N13O11. The van der Waals surface area contributed by atoms with Crippen molar-refractivity contribution in [2.45, 2.75) is 141 Å². The summed E-state index contributed by atoms with van der Waals surface area (Å²) < 4.78 is 0. The third-order valence-electron chi connectivity index (χ3n) is 12.9. The van der Waals surface area contributed by atoms with Crippen molar-refractivity contribution in [1.29, 1.82) is 0 Å². The smallest absolute Gasteiger partial charge is 0.326 e. The monoisotopic (exact) mass is 1040 g/mol. The lowest BCUT2D eigenvalue weighted by Gasteiger charge is -2.32. The van der Waals surface area contributed by atoms with Crippen LogP contribution in [0.5, 0.6) is 0 Å². The summed E-state index contributed by atoms with van der Waals surface area (Å²) in [4.78, 5) is 134. The molecule has 9 atom stereocenters. The second kappa shape index (κ2) is 29.1. The molecule has 1 saturated heterocycles. The summed E-state index contributed by atoms with van der Waals surface area (Å²) in [5.74, 6) is -9.25. The van der Waals surface area contributed by atoms with Crippen molar-refractivity contribution < 1.29 is 53.4 Å². The molecule has 2 heterocycles. The van der Waals surface area contributed by atoms with E-state index in [4.69, 9.17) is 17.2 Å². The molecule has 15 N–H and O–H groups in total. The number of nitrogens with zero attached hydrogens (tertiary/aromatic N) is 3. The first-order chi connectivity index (χ1) is 35.6. The highest BCUT2D eigenvalue weighted by atomic mass is 16.4. The number of benzene rings is 2. The van der Waals surface area contributed by atoms with E-state index in [1.165, 1.54) is 17.4 Å². The van der Waals surface area contributed by atoms with Gasteiger partial charge in [0, 0.05) is 44.2 Å². The van der Waals surface area contributed by atoms with Crippen molar-refractivity contribution >= 4 is 59.2 Å². The molecule has 7 amide bonds. The summed E-state index contributed by atoms with van der Waals surface area (Å²) in [6.07, 6.45) is 3.20. The average molecular weight is 1040 g/mol. The van der Waals surface area contributed by atoms with Crippen molar-refractivity contribution in [2.24, 2.45) is 34.0 Å². The van der Waals surface area contributed by atoms with Crippen LogP contribution in [0.3, 0.4) is 0 Å². The van der Waals surface area contributed by atoms with E-state index in [1.54, 1.807) is 70.2 Å². The summed E-state index contributed by atoms with van der Waals surface area (Å²) in [5, 5.41) is 35.3. The van der Waals surface area contributed by atoms with E-state index in [9.17, 15) is 53.4 Å². The normalized spacial score (nSPS) is 16.4. The summed E-state index contributed by atoms with van der Waals surface area (Å²) in [6.45, 7) is 8.92. The number of carboxylic acids is 2. The van der Waals surface area contributed by atoms with E-state index in [0.29, 0.717) is 29.7 Å². The van der Waals surface area contributed by atoms with Crippen LogP contribution in [0.15, 0.2) is 72.1 Å². The summed E-state index contributed by atoms with van der Waals surface area (Å²) >= 11 is 0. The number of carbonyl (C=O) groups is 9. The number of likely N-dealkylation sites (tertiary alicyclic amines) is 1. The molecule has 0 unspecified atom stereocenters. The molecule has 24 nitrogen and oxygen atoms in total. The van der Waals surface area contributed by atoms with Crippen LogP contribution < -0.4 is 49.1 Å². The van der Waals surface area contributed by atoms with Crippen LogP contribution in [0.4, 0.5) is 0 Å². The lowest BCUT2D eigenvalue weighted by Crippen LogP contribution is -2.62. The van der Waals surface area contributed by atoms with Gasteiger partial charge in [-0.3, -0.25) is 43.3 Å². The molecule has 24 heteroatoms. The van der Waals surface area contributed by atoms with E-state index < -0.39 is 120 Å². The third kappa shape index (κ3) is 18.8. The molecule has 0 spiro atoms. The van der Waals surface area contributed by atoms with Crippen molar-refractivity contribution in [1.82, 2.24) is 46.8 Å². The number of aliphatic imine (C=N–C) groups is 1. The van der Waals surface area contributed by atoms with Gasteiger partial charge in [0.1, 0.15) is 42.3 Å². The number of hydrogen-bond donors (Lipinski definition) is 12. The topological polar surface area (TPSA) is 389 Å². The van der Waals surface area contributed by atoms with E-state index in [0.717, 1.165) is 5.56 Å². The number of nitrogens with two attached hydrogens (primary N) is 3. The highest BCUT2D eigenvalue weighted by molar-refractivity contribution is 5.98. The Balaban J connectivity index is 1.59. The minimum atomic E-state index is -1.49. The standard InChI is InChI=1S/C51H73N13O11/c1-6-30(5)42(48(72)60-37(24-33-26-55-27-57-33)49(73)64-21-11-15-39(64)46(70)61-38(50(74)75)23-31-12-8-7-9-13-31)63-45(69)36(22-32-18-16-29(4)17-19-32)59-47(71)41(28(2)3)62-44(68)35(14-10-20-56-51(53)54)58-43(67)34(52)25-40(65)66/h7-9,12-13,16-19,26-28,30,34-39,41-42H,6,10-11,14-15,20-25,52H2,1-5H3,(H,55,57)(H,58,67)(H,59,71)(H,60,72)(H,61,70)(H,62,68)(H,63,69)(H,65,66)(H,74,75)(H4,53,54,56)/t30-,34-,35-,36-,37-,38-,39-,41-,42-/m0/s1. The van der Waals surface area contributed by atoms with Gasteiger partial charge in [-0.25, -0.2) is 9.78 Å². The van der Waals surface area contributed by atoms with Crippen LogP contribution in [0.2, 0.25) is 0 Å². The first-order valence-corrected chi connectivity index (χ1v) is 25.0. The zero-order valence-corrected chi connectivity index (χ0v) is 43.0. The van der Waals surface area contributed by atoms with Crippen LogP contribution >= 0.6 is 0 Å².